The van der Waals surface area contributed by atoms with Crippen molar-refractivity contribution in [3.05, 3.63) is 42.0 Å². The van der Waals surface area contributed by atoms with Crippen LogP contribution in [0, 0.1) is 6.92 Å². The van der Waals surface area contributed by atoms with Gasteiger partial charge in [-0.25, -0.2) is 4.99 Å². The van der Waals surface area contributed by atoms with E-state index < -0.39 is 0 Å². The lowest BCUT2D eigenvalue weighted by Gasteiger charge is -2.04. The Morgan fingerprint density at radius 2 is 2.33 bits per heavy atom. The van der Waals surface area contributed by atoms with Crippen LogP contribution in [0.15, 0.2) is 35.8 Å². The highest BCUT2D eigenvalue weighted by Crippen LogP contribution is 2.21. The van der Waals surface area contributed by atoms with E-state index in [1.165, 1.54) is 11.6 Å². The predicted octanol–water partition coefficient (Wildman–Crippen LogP) is 3.17. The van der Waals surface area contributed by atoms with Crippen LogP contribution in [0.3, 0.4) is 0 Å². The molecule has 0 aromatic heterocycles. The maximum absolute atomic E-state index is 5.82. The summed E-state index contributed by atoms with van der Waals surface area (Å²) in [5.41, 5.74) is 3.19. The molecule has 0 atom stereocenters. The second-order valence-corrected chi connectivity index (χ2v) is 3.68. The molecule has 1 rings (SSSR count). The minimum atomic E-state index is 0.416. The van der Waals surface area contributed by atoms with Crippen LogP contribution in [0.5, 0.6) is 0 Å². The summed E-state index contributed by atoms with van der Waals surface area (Å²) in [4.78, 5) is 4.26. The van der Waals surface area contributed by atoms with Crippen molar-refractivity contribution in [3.63, 3.8) is 0 Å². The van der Waals surface area contributed by atoms with Gasteiger partial charge >= 0.3 is 0 Å². The molecule has 0 saturated heterocycles. The Bertz CT molecular complexity index is 383. The van der Waals surface area contributed by atoms with Gasteiger partial charge in [-0.2, -0.15) is 0 Å². The van der Waals surface area contributed by atoms with Gasteiger partial charge in [-0.3, -0.25) is 0 Å². The van der Waals surface area contributed by atoms with Gasteiger partial charge in [-0.15, -0.1) is 0 Å². The van der Waals surface area contributed by atoms with Crippen LogP contribution >= 0.6 is 11.6 Å². The van der Waals surface area contributed by atoms with E-state index in [1.807, 2.05) is 26.1 Å². The third-order valence-corrected chi connectivity index (χ3v) is 2.29. The summed E-state index contributed by atoms with van der Waals surface area (Å²) in [6, 6.07) is 6.14. The molecular weight excluding hydrogens is 208 g/mol. The number of halogens is 1. The molecule has 0 aliphatic rings. The smallest absolute Gasteiger partial charge is 0.129 e. The highest BCUT2D eigenvalue weighted by atomic mass is 35.5. The Kier molecular flexibility index (Phi) is 4.53. The summed E-state index contributed by atoms with van der Waals surface area (Å²) in [7, 11) is 1.92. The SMILES string of the molecule is C=CC(Cl)=Nc1cc(CNC)ccc1C. The molecule has 3 heteroatoms. The lowest BCUT2D eigenvalue weighted by atomic mass is 10.1. The molecule has 0 aliphatic heterocycles. The van der Waals surface area contributed by atoms with Crippen LogP contribution < -0.4 is 5.32 Å². The first-order valence-electron chi connectivity index (χ1n) is 4.78. The average Bonchev–Trinajstić information content (AvgIpc) is 2.23. The van der Waals surface area contributed by atoms with Crippen LogP contribution in [-0.2, 0) is 6.54 Å². The minimum Gasteiger partial charge on any atom is -0.316 e. The van der Waals surface area contributed by atoms with Crippen molar-refractivity contribution in [2.75, 3.05) is 7.05 Å². The van der Waals surface area contributed by atoms with Gasteiger partial charge in [-0.1, -0.05) is 30.3 Å². The number of rotatable bonds is 4. The van der Waals surface area contributed by atoms with E-state index in [1.54, 1.807) is 0 Å². The van der Waals surface area contributed by atoms with Crippen LogP contribution in [0.1, 0.15) is 11.1 Å². The first-order valence-corrected chi connectivity index (χ1v) is 5.16. The first kappa shape index (κ1) is 12.0. The zero-order chi connectivity index (χ0) is 11.3. The summed E-state index contributed by atoms with van der Waals surface area (Å²) in [6.07, 6.45) is 1.53. The monoisotopic (exact) mass is 222 g/mol. The van der Waals surface area contributed by atoms with Crippen molar-refractivity contribution in [2.45, 2.75) is 13.5 Å². The molecule has 0 fully saturated rings. The van der Waals surface area contributed by atoms with Gasteiger partial charge in [0.2, 0.25) is 0 Å². The Morgan fingerprint density at radius 1 is 1.60 bits per heavy atom. The van der Waals surface area contributed by atoms with Crippen molar-refractivity contribution in [3.8, 4) is 0 Å². The summed E-state index contributed by atoms with van der Waals surface area (Å²) < 4.78 is 0. The molecule has 80 valence electrons. The summed E-state index contributed by atoms with van der Waals surface area (Å²) in [6.45, 7) is 6.41. The van der Waals surface area contributed by atoms with Crippen LogP contribution in [-0.4, -0.2) is 12.2 Å². The molecule has 0 heterocycles. The molecule has 0 saturated carbocycles. The summed E-state index contributed by atoms with van der Waals surface area (Å²) >= 11 is 5.82. The fourth-order valence-electron chi connectivity index (χ4n) is 1.25. The maximum Gasteiger partial charge on any atom is 0.129 e. The number of nitrogens with one attached hydrogen (secondary N) is 1. The Hall–Kier alpha value is -1.12. The second kappa shape index (κ2) is 5.69. The fourth-order valence-corrected chi connectivity index (χ4v) is 1.34. The maximum atomic E-state index is 5.82. The largest absolute Gasteiger partial charge is 0.316 e. The highest BCUT2D eigenvalue weighted by molar-refractivity contribution is 6.68. The van der Waals surface area contributed by atoms with Gasteiger partial charge in [0.05, 0.1) is 5.69 Å². The molecule has 1 N–H and O–H groups in total. The molecule has 0 aliphatic carbocycles. The number of allylic oxidation sites excluding steroid dienone is 1. The van der Waals surface area contributed by atoms with E-state index in [4.69, 9.17) is 11.6 Å². The van der Waals surface area contributed by atoms with Crippen molar-refractivity contribution in [2.24, 2.45) is 4.99 Å². The van der Waals surface area contributed by atoms with Crippen LogP contribution in [0.4, 0.5) is 5.69 Å². The van der Waals surface area contributed by atoms with Crippen molar-refractivity contribution in [1.29, 1.82) is 0 Å². The van der Waals surface area contributed by atoms with Crippen LogP contribution in [0.2, 0.25) is 0 Å². The Labute approximate surface area is 95.7 Å². The van der Waals surface area contributed by atoms with E-state index in [0.717, 1.165) is 17.8 Å². The molecule has 1 aromatic carbocycles. The predicted molar refractivity (Wildman–Crippen MR) is 67.1 cm³/mol. The van der Waals surface area contributed by atoms with Gasteiger partial charge in [0.1, 0.15) is 5.17 Å². The molecule has 0 unspecified atom stereocenters. The molecular formula is C12H15ClN2. The number of hydrogen-bond acceptors (Lipinski definition) is 2. The number of nitrogens with zero attached hydrogens (tertiary/aromatic N) is 1. The molecule has 0 bridgehead atoms. The zero-order valence-corrected chi connectivity index (χ0v) is 9.80. The Morgan fingerprint density at radius 3 is 2.93 bits per heavy atom. The first-order chi connectivity index (χ1) is 7.17. The highest BCUT2D eigenvalue weighted by Gasteiger charge is 1.99. The zero-order valence-electron chi connectivity index (χ0n) is 9.05. The third-order valence-electron chi connectivity index (χ3n) is 2.05. The quantitative estimate of drug-likeness (QED) is 0.778. The van der Waals surface area contributed by atoms with Crippen molar-refractivity contribution >= 4 is 22.5 Å². The molecule has 0 spiro atoms. The van der Waals surface area contributed by atoms with Crippen molar-refractivity contribution < 1.29 is 0 Å². The van der Waals surface area contributed by atoms with Gasteiger partial charge < -0.3 is 5.32 Å². The Balaban J connectivity index is 3.05. The van der Waals surface area contributed by atoms with E-state index in [-0.39, 0.29) is 0 Å². The summed E-state index contributed by atoms with van der Waals surface area (Å²) in [5.74, 6) is 0. The van der Waals surface area contributed by atoms with Gasteiger partial charge in [-0.05, 0) is 37.2 Å². The number of aryl methyl sites for hydroxylation is 1. The van der Waals surface area contributed by atoms with Gasteiger partial charge in [0.25, 0.3) is 0 Å². The lowest BCUT2D eigenvalue weighted by Crippen LogP contribution is -2.04. The average molecular weight is 223 g/mol. The number of benzene rings is 1. The summed E-state index contributed by atoms with van der Waals surface area (Å²) in [5, 5.41) is 3.51. The molecule has 15 heavy (non-hydrogen) atoms. The lowest BCUT2D eigenvalue weighted by molar-refractivity contribution is 0.817. The fraction of sp³-hybridized carbons (Fsp3) is 0.250. The molecule has 0 amide bonds. The standard InChI is InChI=1S/C12H15ClN2/c1-4-12(13)15-11-7-10(8-14-3)6-5-9(11)2/h4-7,14H,1,8H2,2-3H3. The minimum absolute atomic E-state index is 0.416. The van der Waals surface area contributed by atoms with E-state index in [2.05, 4.69) is 23.0 Å². The van der Waals surface area contributed by atoms with E-state index in [9.17, 15) is 0 Å². The van der Waals surface area contributed by atoms with Gasteiger partial charge in [0.15, 0.2) is 0 Å². The van der Waals surface area contributed by atoms with Crippen LogP contribution in [0.25, 0.3) is 0 Å². The third kappa shape index (κ3) is 3.50. The molecule has 1 aromatic rings. The number of aliphatic imine (C=N–C) groups is 1. The van der Waals surface area contributed by atoms with E-state index >= 15 is 0 Å². The van der Waals surface area contributed by atoms with E-state index in [0.29, 0.717) is 5.17 Å². The number of hydrogen-bond donors (Lipinski definition) is 1. The normalized spacial score (nSPS) is 11.5. The molecule has 2 nitrogen and oxygen atoms in total. The second-order valence-electron chi connectivity index (χ2n) is 3.29. The van der Waals surface area contributed by atoms with Gasteiger partial charge in [0, 0.05) is 6.54 Å². The van der Waals surface area contributed by atoms with Crippen molar-refractivity contribution in [1.82, 2.24) is 5.32 Å². The topological polar surface area (TPSA) is 24.4 Å². The molecule has 0 radical (unpaired) electrons.